The molecule has 0 aliphatic rings. The van der Waals surface area contributed by atoms with Crippen LogP contribution in [0.25, 0.3) is 0 Å². The molecule has 0 aliphatic heterocycles. The van der Waals surface area contributed by atoms with E-state index in [4.69, 9.17) is 5.73 Å². The molecule has 2 rings (SSSR count). The van der Waals surface area contributed by atoms with Gasteiger partial charge in [0.05, 0.1) is 12.2 Å². The third-order valence-electron chi connectivity index (χ3n) is 3.15. The van der Waals surface area contributed by atoms with Gasteiger partial charge in [-0.25, -0.2) is 13.8 Å². The molecule has 114 valence electrons. The number of hydrogen-bond acceptors (Lipinski definition) is 3. The molecule has 0 bridgehead atoms. The second kappa shape index (κ2) is 6.58. The lowest BCUT2D eigenvalue weighted by Crippen LogP contribution is -2.10. The Balaban J connectivity index is 2.45. The fourth-order valence-corrected chi connectivity index (χ4v) is 3.50. The molecule has 21 heavy (non-hydrogen) atoms. The highest BCUT2D eigenvalue weighted by Crippen LogP contribution is 2.34. The molecule has 1 aromatic heterocycles. The minimum Gasteiger partial charge on any atom is -0.330 e. The molecule has 6 heteroatoms. The second-order valence-electron chi connectivity index (χ2n) is 5.03. The maximum absolute atomic E-state index is 13.3. The Labute approximate surface area is 127 Å². The van der Waals surface area contributed by atoms with Gasteiger partial charge < -0.3 is 10.3 Å². The summed E-state index contributed by atoms with van der Waals surface area (Å²) in [5, 5.41) is 0.761. The number of nitrogens with two attached hydrogens (primary N) is 1. The van der Waals surface area contributed by atoms with Gasteiger partial charge in [0, 0.05) is 17.5 Å². The average molecular weight is 311 g/mol. The molecule has 0 amide bonds. The van der Waals surface area contributed by atoms with E-state index in [1.165, 1.54) is 23.9 Å². The Kier molecular flexibility index (Phi) is 5.00. The molecular weight excluding hydrogens is 292 g/mol. The second-order valence-corrected chi connectivity index (χ2v) is 6.09. The molecule has 1 aromatic carbocycles. The van der Waals surface area contributed by atoms with Crippen LogP contribution in [-0.2, 0) is 13.1 Å². The zero-order valence-corrected chi connectivity index (χ0v) is 13.2. The van der Waals surface area contributed by atoms with Gasteiger partial charge in [-0.2, -0.15) is 0 Å². The third kappa shape index (κ3) is 3.44. The quantitative estimate of drug-likeness (QED) is 0.910. The van der Waals surface area contributed by atoms with Gasteiger partial charge in [-0.15, -0.1) is 0 Å². The molecule has 0 radical (unpaired) electrons. The average Bonchev–Trinajstić information content (AvgIpc) is 2.75. The lowest BCUT2D eigenvalue weighted by atomic mass is 10.1. The van der Waals surface area contributed by atoms with Gasteiger partial charge in [0.25, 0.3) is 0 Å². The van der Waals surface area contributed by atoms with Gasteiger partial charge in [-0.3, -0.25) is 0 Å². The van der Waals surface area contributed by atoms with Crippen LogP contribution in [0.3, 0.4) is 0 Å². The lowest BCUT2D eigenvalue weighted by molar-refractivity contribution is 0.577. The van der Waals surface area contributed by atoms with E-state index < -0.39 is 11.6 Å². The van der Waals surface area contributed by atoms with Crippen molar-refractivity contribution >= 4 is 11.8 Å². The smallest absolute Gasteiger partial charge is 0.127 e. The van der Waals surface area contributed by atoms with Crippen LogP contribution in [0.1, 0.15) is 38.2 Å². The van der Waals surface area contributed by atoms with Crippen LogP contribution in [-0.4, -0.2) is 9.55 Å². The van der Waals surface area contributed by atoms with Crippen LogP contribution in [0, 0.1) is 11.6 Å². The Morgan fingerprint density at radius 3 is 2.33 bits per heavy atom. The molecule has 0 saturated heterocycles. The fourth-order valence-electron chi connectivity index (χ4n) is 2.33. The number of rotatable bonds is 5. The number of hydrogen-bond donors (Lipinski definition) is 1. The first-order chi connectivity index (χ1) is 9.96. The van der Waals surface area contributed by atoms with E-state index >= 15 is 0 Å². The van der Waals surface area contributed by atoms with Crippen LogP contribution < -0.4 is 5.73 Å². The molecule has 3 nitrogen and oxygen atoms in total. The summed E-state index contributed by atoms with van der Waals surface area (Å²) in [7, 11) is 0. The molecule has 2 N–H and O–H groups in total. The van der Waals surface area contributed by atoms with E-state index in [0.717, 1.165) is 29.2 Å². The molecule has 0 saturated carbocycles. The predicted octanol–water partition coefficient (Wildman–Crippen LogP) is 3.91. The van der Waals surface area contributed by atoms with E-state index in [-0.39, 0.29) is 5.92 Å². The first-order valence-electron chi connectivity index (χ1n) is 6.89. The van der Waals surface area contributed by atoms with E-state index in [1.54, 1.807) is 0 Å². The van der Waals surface area contributed by atoms with Crippen molar-refractivity contribution < 1.29 is 8.78 Å². The largest absolute Gasteiger partial charge is 0.330 e. The monoisotopic (exact) mass is 311 g/mol. The highest BCUT2D eigenvalue weighted by atomic mass is 32.2. The van der Waals surface area contributed by atoms with Crippen LogP contribution in [0.15, 0.2) is 28.1 Å². The summed E-state index contributed by atoms with van der Waals surface area (Å²) in [6.07, 6.45) is 0. The summed E-state index contributed by atoms with van der Waals surface area (Å²) in [6, 6.07) is 3.49. The Hall–Kier alpha value is -1.40. The van der Waals surface area contributed by atoms with Crippen LogP contribution in [0.5, 0.6) is 0 Å². The molecular formula is C15H19F2N3S. The van der Waals surface area contributed by atoms with Gasteiger partial charge in [0.1, 0.15) is 22.5 Å². The maximum Gasteiger partial charge on any atom is 0.127 e. The first-order valence-corrected chi connectivity index (χ1v) is 7.71. The number of benzene rings is 1. The van der Waals surface area contributed by atoms with E-state index in [2.05, 4.69) is 23.4 Å². The summed E-state index contributed by atoms with van der Waals surface area (Å²) in [5.74, 6) is -0.130. The van der Waals surface area contributed by atoms with Gasteiger partial charge in [-0.05, 0) is 25.0 Å². The molecule has 1 heterocycles. The SMILES string of the molecule is CCn1c(CN)nc(Sc2cc(F)cc(F)c2)c1C(C)C. The van der Waals surface area contributed by atoms with Gasteiger partial charge in [0.2, 0.25) is 0 Å². The van der Waals surface area contributed by atoms with Crippen molar-refractivity contribution in [1.82, 2.24) is 9.55 Å². The van der Waals surface area contributed by atoms with E-state index in [1.807, 2.05) is 6.92 Å². The fraction of sp³-hybridized carbons (Fsp3) is 0.400. The molecule has 2 aromatic rings. The normalized spacial score (nSPS) is 11.4. The molecule has 0 spiro atoms. The summed E-state index contributed by atoms with van der Waals surface area (Å²) in [5.41, 5.74) is 6.79. The van der Waals surface area contributed by atoms with E-state index in [9.17, 15) is 8.78 Å². The van der Waals surface area contributed by atoms with Crippen molar-refractivity contribution in [1.29, 1.82) is 0 Å². The molecule has 0 fully saturated rings. The Morgan fingerprint density at radius 1 is 1.24 bits per heavy atom. The highest BCUT2D eigenvalue weighted by Gasteiger charge is 2.19. The summed E-state index contributed by atoms with van der Waals surface area (Å²) < 4.78 is 28.7. The number of nitrogens with zero attached hydrogens (tertiary/aromatic N) is 2. The minimum atomic E-state index is -0.586. The first kappa shape index (κ1) is 16.0. The molecule has 0 aliphatic carbocycles. The summed E-state index contributed by atoms with van der Waals surface area (Å²) >= 11 is 1.27. The lowest BCUT2D eigenvalue weighted by Gasteiger charge is -2.12. The Morgan fingerprint density at radius 2 is 1.86 bits per heavy atom. The van der Waals surface area contributed by atoms with Crippen LogP contribution >= 0.6 is 11.8 Å². The summed E-state index contributed by atoms with van der Waals surface area (Å²) in [4.78, 5) is 5.03. The standard InChI is InChI=1S/C15H19F2N3S/c1-4-20-13(8-18)19-15(14(20)9(2)3)21-12-6-10(16)5-11(17)7-12/h5-7,9H,4,8,18H2,1-3H3. The third-order valence-corrected chi connectivity index (χ3v) is 4.11. The van der Waals surface area contributed by atoms with Gasteiger partial charge in [0.15, 0.2) is 0 Å². The minimum absolute atomic E-state index is 0.249. The number of aromatic nitrogens is 2. The number of halogens is 2. The van der Waals surface area contributed by atoms with Crippen LogP contribution in [0.4, 0.5) is 8.78 Å². The molecule has 0 unspecified atom stereocenters. The van der Waals surface area contributed by atoms with Crippen molar-refractivity contribution in [3.05, 3.63) is 41.4 Å². The van der Waals surface area contributed by atoms with Crippen molar-refractivity contribution in [2.45, 2.75) is 49.7 Å². The molecule has 0 atom stereocenters. The zero-order chi connectivity index (χ0) is 15.6. The number of imidazole rings is 1. The van der Waals surface area contributed by atoms with Crippen LogP contribution in [0.2, 0.25) is 0 Å². The Bertz CT molecular complexity index is 618. The van der Waals surface area contributed by atoms with Crippen molar-refractivity contribution in [3.8, 4) is 0 Å². The van der Waals surface area contributed by atoms with Crippen molar-refractivity contribution in [2.75, 3.05) is 0 Å². The van der Waals surface area contributed by atoms with E-state index in [0.29, 0.717) is 11.4 Å². The topological polar surface area (TPSA) is 43.8 Å². The van der Waals surface area contributed by atoms with Gasteiger partial charge in [-0.1, -0.05) is 25.6 Å². The summed E-state index contributed by atoms with van der Waals surface area (Å²) in [6.45, 7) is 7.28. The predicted molar refractivity (Wildman–Crippen MR) is 80.4 cm³/mol. The van der Waals surface area contributed by atoms with Gasteiger partial charge >= 0.3 is 0 Å². The van der Waals surface area contributed by atoms with Crippen molar-refractivity contribution in [3.63, 3.8) is 0 Å². The zero-order valence-electron chi connectivity index (χ0n) is 12.4. The maximum atomic E-state index is 13.3. The van der Waals surface area contributed by atoms with Crippen molar-refractivity contribution in [2.24, 2.45) is 5.73 Å². The highest BCUT2D eigenvalue weighted by molar-refractivity contribution is 7.99.